The minimum atomic E-state index is 0.769. The number of nitrogens with zero attached hydrogens (tertiary/aromatic N) is 1. The van der Waals surface area contributed by atoms with Crippen LogP contribution in [0.5, 0.6) is 0 Å². The van der Waals surface area contributed by atoms with E-state index in [1.54, 1.807) is 11.3 Å². The summed E-state index contributed by atoms with van der Waals surface area (Å²) >= 11 is 7.59. The van der Waals surface area contributed by atoms with Gasteiger partial charge in [0, 0.05) is 17.3 Å². The maximum Gasteiger partial charge on any atom is 0.0907 e. The lowest BCUT2D eigenvalue weighted by molar-refractivity contribution is 1.15. The fourth-order valence-corrected chi connectivity index (χ4v) is 2.95. The highest BCUT2D eigenvalue weighted by molar-refractivity contribution is 7.18. The average molecular weight is 289 g/mol. The molecule has 0 aliphatic rings. The molecule has 3 rings (SSSR count). The van der Waals surface area contributed by atoms with Gasteiger partial charge in [-0.1, -0.05) is 23.7 Å². The Bertz CT molecular complexity index is 704. The second-order valence-electron chi connectivity index (χ2n) is 4.40. The summed E-state index contributed by atoms with van der Waals surface area (Å²) in [6.45, 7) is 2.83. The van der Waals surface area contributed by atoms with E-state index in [1.165, 1.54) is 10.3 Å². The quantitative estimate of drug-likeness (QED) is 0.744. The van der Waals surface area contributed by atoms with E-state index in [2.05, 4.69) is 28.5 Å². The number of halogens is 1. The molecule has 4 heteroatoms. The number of fused-ring (bicyclic) bond motifs is 1. The lowest BCUT2D eigenvalue weighted by atomic mass is 10.2. The minimum absolute atomic E-state index is 0.769. The van der Waals surface area contributed by atoms with Crippen LogP contribution in [0.4, 0.5) is 5.69 Å². The Hall–Kier alpha value is -1.58. The molecule has 3 aromatic rings. The largest absolute Gasteiger partial charge is 0.381 e. The SMILES string of the molecule is Cc1nc2ccc(NCc3ccc(Cl)cc3)cc2s1. The number of thiazole rings is 1. The van der Waals surface area contributed by atoms with Crippen molar-refractivity contribution in [2.45, 2.75) is 13.5 Å². The zero-order chi connectivity index (χ0) is 13.2. The average Bonchev–Trinajstić information content (AvgIpc) is 2.77. The topological polar surface area (TPSA) is 24.9 Å². The first-order valence-electron chi connectivity index (χ1n) is 6.06. The second-order valence-corrected chi connectivity index (χ2v) is 6.07. The van der Waals surface area contributed by atoms with Crippen LogP contribution in [-0.4, -0.2) is 4.98 Å². The van der Waals surface area contributed by atoms with Crippen LogP contribution < -0.4 is 5.32 Å². The number of aromatic nitrogens is 1. The molecular formula is C15H13ClN2S. The number of rotatable bonds is 3. The maximum absolute atomic E-state index is 5.87. The molecule has 0 atom stereocenters. The maximum atomic E-state index is 5.87. The summed E-state index contributed by atoms with van der Waals surface area (Å²) in [5.74, 6) is 0. The predicted molar refractivity (Wildman–Crippen MR) is 83.1 cm³/mol. The highest BCUT2D eigenvalue weighted by Gasteiger charge is 2.01. The molecular weight excluding hydrogens is 276 g/mol. The third-order valence-corrected chi connectivity index (χ3v) is 4.09. The van der Waals surface area contributed by atoms with Crippen molar-refractivity contribution in [3.8, 4) is 0 Å². The zero-order valence-electron chi connectivity index (χ0n) is 10.5. The Balaban J connectivity index is 1.75. The smallest absolute Gasteiger partial charge is 0.0907 e. The fourth-order valence-electron chi connectivity index (χ4n) is 1.96. The van der Waals surface area contributed by atoms with E-state index in [0.29, 0.717) is 0 Å². The van der Waals surface area contributed by atoms with Crippen molar-refractivity contribution in [1.82, 2.24) is 4.98 Å². The molecule has 0 amide bonds. The first-order valence-corrected chi connectivity index (χ1v) is 7.26. The Morgan fingerprint density at radius 3 is 2.74 bits per heavy atom. The molecule has 2 aromatic carbocycles. The summed E-state index contributed by atoms with van der Waals surface area (Å²) in [7, 11) is 0. The third kappa shape index (κ3) is 2.88. The van der Waals surface area contributed by atoms with Crippen LogP contribution in [0.15, 0.2) is 42.5 Å². The van der Waals surface area contributed by atoms with Gasteiger partial charge in [-0.3, -0.25) is 0 Å². The van der Waals surface area contributed by atoms with E-state index in [0.717, 1.165) is 27.8 Å². The van der Waals surface area contributed by atoms with Crippen molar-refractivity contribution in [1.29, 1.82) is 0 Å². The van der Waals surface area contributed by atoms with E-state index in [1.807, 2.05) is 31.2 Å². The van der Waals surface area contributed by atoms with Crippen molar-refractivity contribution in [3.05, 3.63) is 58.1 Å². The first-order chi connectivity index (χ1) is 9.20. The summed E-state index contributed by atoms with van der Waals surface area (Å²) in [5, 5.41) is 5.29. The lowest BCUT2D eigenvalue weighted by Crippen LogP contribution is -1.98. The molecule has 96 valence electrons. The van der Waals surface area contributed by atoms with Crippen molar-refractivity contribution in [2.24, 2.45) is 0 Å². The molecule has 1 aromatic heterocycles. The van der Waals surface area contributed by atoms with E-state index < -0.39 is 0 Å². The zero-order valence-corrected chi connectivity index (χ0v) is 12.1. The van der Waals surface area contributed by atoms with Crippen molar-refractivity contribution >= 4 is 38.8 Å². The molecule has 2 nitrogen and oxygen atoms in total. The van der Waals surface area contributed by atoms with Gasteiger partial charge in [0.2, 0.25) is 0 Å². The summed E-state index contributed by atoms with van der Waals surface area (Å²) in [4.78, 5) is 4.46. The second kappa shape index (κ2) is 5.19. The van der Waals surface area contributed by atoms with Gasteiger partial charge in [-0.2, -0.15) is 0 Å². The molecule has 0 saturated heterocycles. The van der Waals surface area contributed by atoms with Crippen LogP contribution in [-0.2, 0) is 6.54 Å². The van der Waals surface area contributed by atoms with E-state index in [-0.39, 0.29) is 0 Å². The highest BCUT2D eigenvalue weighted by atomic mass is 35.5. The molecule has 1 N–H and O–H groups in total. The Kier molecular flexibility index (Phi) is 3.40. The molecule has 0 saturated carbocycles. The van der Waals surface area contributed by atoms with Crippen LogP contribution >= 0.6 is 22.9 Å². The molecule has 0 bridgehead atoms. The van der Waals surface area contributed by atoms with Gasteiger partial charge in [0.25, 0.3) is 0 Å². The van der Waals surface area contributed by atoms with Gasteiger partial charge in [0.15, 0.2) is 0 Å². The molecule has 1 heterocycles. The predicted octanol–water partition coefficient (Wildman–Crippen LogP) is 4.87. The van der Waals surface area contributed by atoms with Gasteiger partial charge in [-0.05, 0) is 42.8 Å². The highest BCUT2D eigenvalue weighted by Crippen LogP contribution is 2.25. The Morgan fingerprint density at radius 2 is 1.95 bits per heavy atom. The van der Waals surface area contributed by atoms with Crippen LogP contribution in [0.1, 0.15) is 10.6 Å². The molecule has 0 fully saturated rings. The molecule has 0 aliphatic carbocycles. The number of aryl methyl sites for hydroxylation is 1. The number of hydrogen-bond donors (Lipinski definition) is 1. The van der Waals surface area contributed by atoms with Gasteiger partial charge in [-0.15, -0.1) is 11.3 Å². The minimum Gasteiger partial charge on any atom is -0.381 e. The van der Waals surface area contributed by atoms with Gasteiger partial charge in [0.05, 0.1) is 15.2 Å². The van der Waals surface area contributed by atoms with Crippen LogP contribution in [0.25, 0.3) is 10.2 Å². The van der Waals surface area contributed by atoms with E-state index in [4.69, 9.17) is 11.6 Å². The summed E-state index contributed by atoms with van der Waals surface area (Å²) < 4.78 is 1.22. The van der Waals surface area contributed by atoms with Crippen LogP contribution in [0.3, 0.4) is 0 Å². The van der Waals surface area contributed by atoms with E-state index >= 15 is 0 Å². The lowest BCUT2D eigenvalue weighted by Gasteiger charge is -2.06. The van der Waals surface area contributed by atoms with Gasteiger partial charge in [-0.25, -0.2) is 4.98 Å². The molecule has 0 spiro atoms. The monoisotopic (exact) mass is 288 g/mol. The molecule has 0 unspecified atom stereocenters. The standard InChI is InChI=1S/C15H13ClN2S/c1-10-18-14-7-6-13(8-15(14)19-10)17-9-11-2-4-12(16)5-3-11/h2-8,17H,9H2,1H3. The van der Waals surface area contributed by atoms with Crippen LogP contribution in [0.2, 0.25) is 5.02 Å². The first kappa shape index (κ1) is 12.5. The third-order valence-electron chi connectivity index (χ3n) is 2.91. The summed E-state index contributed by atoms with van der Waals surface area (Å²) in [6.07, 6.45) is 0. The normalized spacial score (nSPS) is 10.8. The fraction of sp³-hybridized carbons (Fsp3) is 0.133. The van der Waals surface area contributed by atoms with Gasteiger partial charge >= 0.3 is 0 Å². The number of hydrogen-bond acceptors (Lipinski definition) is 3. The van der Waals surface area contributed by atoms with E-state index in [9.17, 15) is 0 Å². The molecule has 0 aliphatic heterocycles. The Morgan fingerprint density at radius 1 is 1.16 bits per heavy atom. The summed E-state index contributed by atoms with van der Waals surface area (Å²) in [5.41, 5.74) is 3.40. The summed E-state index contributed by atoms with van der Waals surface area (Å²) in [6, 6.07) is 14.2. The van der Waals surface area contributed by atoms with Gasteiger partial charge in [0.1, 0.15) is 0 Å². The van der Waals surface area contributed by atoms with Crippen molar-refractivity contribution in [3.63, 3.8) is 0 Å². The number of benzene rings is 2. The van der Waals surface area contributed by atoms with Crippen molar-refractivity contribution < 1.29 is 0 Å². The Labute approximate surface area is 121 Å². The van der Waals surface area contributed by atoms with Gasteiger partial charge < -0.3 is 5.32 Å². The number of anilines is 1. The number of nitrogens with one attached hydrogen (secondary N) is 1. The van der Waals surface area contributed by atoms with Crippen molar-refractivity contribution in [2.75, 3.05) is 5.32 Å². The molecule has 19 heavy (non-hydrogen) atoms. The van der Waals surface area contributed by atoms with Crippen LogP contribution in [0, 0.1) is 6.92 Å². The molecule has 0 radical (unpaired) electrons.